The summed E-state index contributed by atoms with van der Waals surface area (Å²) < 4.78 is 25.4. The van der Waals surface area contributed by atoms with Crippen LogP contribution < -0.4 is 4.74 Å². The number of aryl methyl sites for hydroxylation is 1. The normalized spacial score (nSPS) is 19.8. The van der Waals surface area contributed by atoms with Crippen molar-refractivity contribution in [1.82, 2.24) is 0 Å². The van der Waals surface area contributed by atoms with Crippen molar-refractivity contribution in [3.8, 4) is 11.8 Å². The van der Waals surface area contributed by atoms with Gasteiger partial charge in [-0.2, -0.15) is 5.26 Å². The highest BCUT2D eigenvalue weighted by Gasteiger charge is 2.42. The lowest BCUT2D eigenvalue weighted by Crippen LogP contribution is -2.48. The Labute approximate surface area is 133 Å². The SMILES string of the molecule is CC(C)(C)[Si](C)(C)O[C@H](C#N)[C@H]1CCc2cc(F)ccc2O1. The van der Waals surface area contributed by atoms with E-state index in [4.69, 9.17) is 9.16 Å². The molecule has 0 amide bonds. The van der Waals surface area contributed by atoms with Crippen molar-refractivity contribution in [3.05, 3.63) is 29.6 Å². The van der Waals surface area contributed by atoms with Crippen LogP contribution in [0.1, 0.15) is 32.8 Å². The van der Waals surface area contributed by atoms with Crippen LogP contribution in [0, 0.1) is 17.1 Å². The van der Waals surface area contributed by atoms with E-state index in [1.54, 1.807) is 6.07 Å². The number of benzene rings is 1. The molecule has 2 atom stereocenters. The summed E-state index contributed by atoms with van der Waals surface area (Å²) in [6.07, 6.45) is 0.497. The number of ether oxygens (including phenoxy) is 1. The van der Waals surface area contributed by atoms with Gasteiger partial charge in [0.2, 0.25) is 0 Å². The first-order valence-corrected chi connectivity index (χ1v) is 10.6. The molecule has 0 unspecified atom stereocenters. The molecule has 0 spiro atoms. The summed E-state index contributed by atoms with van der Waals surface area (Å²) in [5.74, 6) is 0.409. The molecule has 2 rings (SSSR count). The van der Waals surface area contributed by atoms with Crippen LogP contribution in [-0.4, -0.2) is 20.5 Å². The zero-order valence-electron chi connectivity index (χ0n) is 13.9. The van der Waals surface area contributed by atoms with Crippen molar-refractivity contribution >= 4 is 8.32 Å². The van der Waals surface area contributed by atoms with E-state index >= 15 is 0 Å². The Hall–Kier alpha value is -1.38. The highest BCUT2D eigenvalue weighted by Crippen LogP contribution is 2.38. The number of nitrogens with zero attached hydrogens (tertiary/aromatic N) is 1. The van der Waals surface area contributed by atoms with E-state index in [2.05, 4.69) is 39.9 Å². The fourth-order valence-corrected chi connectivity index (χ4v) is 3.46. The molecule has 0 radical (unpaired) electrons. The molecule has 1 aliphatic rings. The number of fused-ring (bicyclic) bond motifs is 1. The highest BCUT2D eigenvalue weighted by atomic mass is 28.4. The third-order valence-electron chi connectivity index (χ3n) is 4.69. The second kappa shape index (κ2) is 6.02. The molecule has 0 saturated carbocycles. The van der Waals surface area contributed by atoms with E-state index < -0.39 is 14.4 Å². The summed E-state index contributed by atoms with van der Waals surface area (Å²) in [6, 6.07) is 6.78. The third-order valence-corrected chi connectivity index (χ3v) is 9.15. The van der Waals surface area contributed by atoms with E-state index in [9.17, 15) is 9.65 Å². The van der Waals surface area contributed by atoms with Crippen molar-refractivity contribution in [3.63, 3.8) is 0 Å². The van der Waals surface area contributed by atoms with Crippen molar-refractivity contribution in [2.24, 2.45) is 0 Å². The second-order valence-electron chi connectivity index (χ2n) is 7.37. The molecular weight excluding hydrogens is 297 g/mol. The van der Waals surface area contributed by atoms with Crippen LogP contribution in [0.2, 0.25) is 18.1 Å². The summed E-state index contributed by atoms with van der Waals surface area (Å²) in [7, 11) is -2.04. The molecular formula is C17H24FNO2Si. The van der Waals surface area contributed by atoms with Gasteiger partial charge in [0, 0.05) is 0 Å². The summed E-state index contributed by atoms with van der Waals surface area (Å²) in [4.78, 5) is 0. The number of rotatable bonds is 3. The number of hydrogen-bond acceptors (Lipinski definition) is 3. The van der Waals surface area contributed by atoms with Gasteiger partial charge < -0.3 is 9.16 Å². The van der Waals surface area contributed by atoms with Crippen molar-refractivity contribution in [1.29, 1.82) is 5.26 Å². The van der Waals surface area contributed by atoms with Crippen molar-refractivity contribution < 1.29 is 13.6 Å². The Kier molecular flexibility index (Phi) is 4.64. The van der Waals surface area contributed by atoms with Crippen LogP contribution in [-0.2, 0) is 10.8 Å². The fourth-order valence-electron chi connectivity index (χ4n) is 2.27. The topological polar surface area (TPSA) is 42.2 Å². The zero-order chi connectivity index (χ0) is 16.5. The maximum atomic E-state index is 13.2. The number of hydrogen-bond donors (Lipinski definition) is 0. The largest absolute Gasteiger partial charge is 0.486 e. The molecule has 1 aromatic rings. The molecule has 1 aliphatic heterocycles. The first kappa shape index (κ1) is 17.0. The predicted octanol–water partition coefficient (Wildman–Crippen LogP) is 4.43. The van der Waals surface area contributed by atoms with Gasteiger partial charge in [0.25, 0.3) is 0 Å². The monoisotopic (exact) mass is 321 g/mol. The maximum Gasteiger partial charge on any atom is 0.194 e. The van der Waals surface area contributed by atoms with Gasteiger partial charge in [-0.05, 0) is 54.7 Å². The quantitative estimate of drug-likeness (QED) is 0.773. The average molecular weight is 321 g/mol. The Morgan fingerprint density at radius 2 is 2.09 bits per heavy atom. The van der Waals surface area contributed by atoms with Gasteiger partial charge in [-0.15, -0.1) is 0 Å². The van der Waals surface area contributed by atoms with Crippen molar-refractivity contribution in [2.45, 2.75) is 64.0 Å². The van der Waals surface area contributed by atoms with E-state index in [1.165, 1.54) is 12.1 Å². The lowest BCUT2D eigenvalue weighted by molar-refractivity contribution is 0.0632. The lowest BCUT2D eigenvalue weighted by Gasteiger charge is -2.40. The first-order valence-electron chi connectivity index (χ1n) is 7.66. The Balaban J connectivity index is 2.14. The highest BCUT2D eigenvalue weighted by molar-refractivity contribution is 6.74. The smallest absolute Gasteiger partial charge is 0.194 e. The average Bonchev–Trinajstić information content (AvgIpc) is 2.43. The van der Waals surface area contributed by atoms with Crippen LogP contribution in [0.25, 0.3) is 0 Å². The van der Waals surface area contributed by atoms with E-state index in [0.717, 1.165) is 5.56 Å². The zero-order valence-corrected chi connectivity index (χ0v) is 14.9. The van der Waals surface area contributed by atoms with Crippen LogP contribution in [0.3, 0.4) is 0 Å². The van der Waals surface area contributed by atoms with Crippen molar-refractivity contribution in [2.75, 3.05) is 0 Å². The van der Waals surface area contributed by atoms with E-state index in [0.29, 0.717) is 18.6 Å². The number of nitriles is 1. The molecule has 0 aromatic heterocycles. The predicted molar refractivity (Wildman–Crippen MR) is 86.8 cm³/mol. The van der Waals surface area contributed by atoms with Gasteiger partial charge >= 0.3 is 0 Å². The van der Waals surface area contributed by atoms with Gasteiger partial charge in [0.15, 0.2) is 14.4 Å². The molecule has 0 saturated heterocycles. The minimum Gasteiger partial charge on any atom is -0.486 e. The molecule has 5 heteroatoms. The van der Waals surface area contributed by atoms with E-state index in [1.807, 2.05) is 0 Å². The van der Waals surface area contributed by atoms with Gasteiger partial charge in [0.05, 0.1) is 6.07 Å². The van der Waals surface area contributed by atoms with Gasteiger partial charge in [0.1, 0.15) is 17.7 Å². The molecule has 0 fully saturated rings. The fraction of sp³-hybridized carbons (Fsp3) is 0.588. The summed E-state index contributed by atoms with van der Waals surface area (Å²) >= 11 is 0. The third kappa shape index (κ3) is 3.50. The molecule has 22 heavy (non-hydrogen) atoms. The van der Waals surface area contributed by atoms with Crippen LogP contribution >= 0.6 is 0 Å². The summed E-state index contributed by atoms with van der Waals surface area (Å²) in [5, 5.41) is 9.55. The molecule has 1 aromatic carbocycles. The Morgan fingerprint density at radius 3 is 2.68 bits per heavy atom. The molecule has 3 nitrogen and oxygen atoms in total. The summed E-state index contributed by atoms with van der Waals surface area (Å²) in [6.45, 7) is 10.7. The van der Waals surface area contributed by atoms with Gasteiger partial charge in [-0.25, -0.2) is 4.39 Å². The minimum atomic E-state index is -2.04. The molecule has 120 valence electrons. The molecule has 1 heterocycles. The van der Waals surface area contributed by atoms with Crippen LogP contribution in [0.4, 0.5) is 4.39 Å². The van der Waals surface area contributed by atoms with Crippen LogP contribution in [0.5, 0.6) is 5.75 Å². The Morgan fingerprint density at radius 1 is 1.41 bits per heavy atom. The summed E-state index contributed by atoms with van der Waals surface area (Å²) in [5.41, 5.74) is 0.861. The van der Waals surface area contributed by atoms with Crippen LogP contribution in [0.15, 0.2) is 18.2 Å². The first-order chi connectivity index (χ1) is 10.1. The van der Waals surface area contributed by atoms with Gasteiger partial charge in [-0.3, -0.25) is 0 Å². The number of halogens is 1. The minimum absolute atomic E-state index is 0.0395. The standard InChI is InChI=1S/C17H24FNO2Si/c1-17(2,3)22(4,5)21-16(11-19)15-8-6-12-10-13(18)7-9-14(12)20-15/h7,9-10,15-16H,6,8H2,1-5H3/t15-,16-/m1/s1. The molecule has 0 bridgehead atoms. The molecule has 0 N–H and O–H groups in total. The lowest BCUT2D eigenvalue weighted by atomic mass is 9.99. The maximum absolute atomic E-state index is 13.2. The second-order valence-corrected chi connectivity index (χ2v) is 12.1. The van der Waals surface area contributed by atoms with E-state index in [-0.39, 0.29) is 17.0 Å². The van der Waals surface area contributed by atoms with Gasteiger partial charge in [-0.1, -0.05) is 20.8 Å². The Bertz CT molecular complexity index is 589. The molecule has 0 aliphatic carbocycles.